The van der Waals surface area contributed by atoms with Crippen molar-refractivity contribution in [2.75, 3.05) is 11.9 Å². The summed E-state index contributed by atoms with van der Waals surface area (Å²) in [6.07, 6.45) is 1.60. The zero-order valence-corrected chi connectivity index (χ0v) is 14.7. The molecular formula is C18H15BrFN3O2. The lowest BCUT2D eigenvalue weighted by atomic mass is 10.2. The van der Waals surface area contributed by atoms with Crippen molar-refractivity contribution in [1.82, 2.24) is 9.78 Å². The SMILES string of the molecule is O=C(COc1ccccc1F)Nc1ccnn1Cc1ccc(Br)cc1. The molecule has 3 aromatic rings. The van der Waals surface area contributed by atoms with Crippen LogP contribution in [0, 0.1) is 5.82 Å². The highest BCUT2D eigenvalue weighted by Crippen LogP contribution is 2.16. The van der Waals surface area contributed by atoms with Crippen LogP contribution < -0.4 is 10.1 Å². The second-order valence-electron chi connectivity index (χ2n) is 5.27. The molecule has 0 bridgehead atoms. The third-order valence-electron chi connectivity index (χ3n) is 3.43. The average molecular weight is 404 g/mol. The van der Waals surface area contributed by atoms with Gasteiger partial charge in [-0.25, -0.2) is 9.07 Å². The lowest BCUT2D eigenvalue weighted by molar-refractivity contribution is -0.118. The number of ether oxygens (including phenoxy) is 1. The van der Waals surface area contributed by atoms with Gasteiger partial charge in [-0.2, -0.15) is 5.10 Å². The number of amides is 1. The number of halogens is 2. The van der Waals surface area contributed by atoms with Crippen LogP contribution in [0.3, 0.4) is 0 Å². The Kier molecular flexibility index (Phi) is 5.45. The molecule has 0 fully saturated rings. The molecule has 128 valence electrons. The molecule has 0 aliphatic carbocycles. The highest BCUT2D eigenvalue weighted by atomic mass is 79.9. The van der Waals surface area contributed by atoms with Gasteiger partial charge in [0.1, 0.15) is 5.82 Å². The molecule has 0 saturated carbocycles. The van der Waals surface area contributed by atoms with Crippen LogP contribution >= 0.6 is 15.9 Å². The van der Waals surface area contributed by atoms with E-state index in [1.807, 2.05) is 24.3 Å². The van der Waals surface area contributed by atoms with E-state index in [0.717, 1.165) is 10.0 Å². The smallest absolute Gasteiger partial charge is 0.263 e. The Morgan fingerprint density at radius 2 is 1.92 bits per heavy atom. The Balaban J connectivity index is 1.59. The number of hydrogen-bond acceptors (Lipinski definition) is 3. The lowest BCUT2D eigenvalue weighted by Gasteiger charge is -2.10. The first kappa shape index (κ1) is 17.2. The summed E-state index contributed by atoms with van der Waals surface area (Å²) in [7, 11) is 0. The second-order valence-corrected chi connectivity index (χ2v) is 6.18. The van der Waals surface area contributed by atoms with Gasteiger partial charge in [0.15, 0.2) is 18.2 Å². The summed E-state index contributed by atoms with van der Waals surface area (Å²) >= 11 is 3.39. The molecule has 0 aliphatic heterocycles. The van der Waals surface area contributed by atoms with Crippen molar-refractivity contribution in [1.29, 1.82) is 0 Å². The van der Waals surface area contributed by atoms with E-state index >= 15 is 0 Å². The number of nitrogens with one attached hydrogen (secondary N) is 1. The van der Waals surface area contributed by atoms with Gasteiger partial charge in [0, 0.05) is 10.5 Å². The van der Waals surface area contributed by atoms with Gasteiger partial charge >= 0.3 is 0 Å². The summed E-state index contributed by atoms with van der Waals surface area (Å²) in [5.74, 6) is -0.303. The molecule has 0 saturated heterocycles. The molecule has 25 heavy (non-hydrogen) atoms. The van der Waals surface area contributed by atoms with Crippen LogP contribution in [0.25, 0.3) is 0 Å². The predicted octanol–water partition coefficient (Wildman–Crippen LogP) is 3.85. The molecular weight excluding hydrogens is 389 g/mol. The molecule has 1 aromatic heterocycles. The fourth-order valence-electron chi connectivity index (χ4n) is 2.21. The van der Waals surface area contributed by atoms with Crippen molar-refractivity contribution in [3.63, 3.8) is 0 Å². The number of carbonyl (C=O) groups is 1. The van der Waals surface area contributed by atoms with Crippen LogP contribution in [-0.2, 0) is 11.3 Å². The highest BCUT2D eigenvalue weighted by Gasteiger charge is 2.10. The van der Waals surface area contributed by atoms with E-state index in [-0.39, 0.29) is 18.3 Å². The summed E-state index contributed by atoms with van der Waals surface area (Å²) in [5, 5.41) is 6.93. The molecule has 0 aliphatic rings. The van der Waals surface area contributed by atoms with Gasteiger partial charge in [-0.15, -0.1) is 0 Å². The van der Waals surface area contributed by atoms with Gasteiger partial charge in [0.25, 0.3) is 5.91 Å². The molecule has 0 spiro atoms. The number of para-hydroxylation sites is 1. The predicted molar refractivity (Wildman–Crippen MR) is 96.0 cm³/mol. The minimum atomic E-state index is -0.504. The van der Waals surface area contributed by atoms with Crippen LogP contribution in [0.4, 0.5) is 10.2 Å². The minimum absolute atomic E-state index is 0.0426. The highest BCUT2D eigenvalue weighted by molar-refractivity contribution is 9.10. The average Bonchev–Trinajstić information content (AvgIpc) is 3.03. The lowest BCUT2D eigenvalue weighted by Crippen LogP contribution is -2.22. The molecule has 0 unspecified atom stereocenters. The quantitative estimate of drug-likeness (QED) is 0.679. The summed E-state index contributed by atoms with van der Waals surface area (Å²) in [5.41, 5.74) is 1.05. The molecule has 1 heterocycles. The fraction of sp³-hybridized carbons (Fsp3) is 0.111. The van der Waals surface area contributed by atoms with E-state index in [1.54, 1.807) is 29.1 Å². The van der Waals surface area contributed by atoms with Crippen LogP contribution in [0.15, 0.2) is 65.3 Å². The van der Waals surface area contributed by atoms with E-state index in [4.69, 9.17) is 4.74 Å². The maximum atomic E-state index is 13.5. The number of rotatable bonds is 6. The molecule has 2 aromatic carbocycles. The zero-order valence-electron chi connectivity index (χ0n) is 13.2. The third-order valence-corrected chi connectivity index (χ3v) is 3.95. The molecule has 3 rings (SSSR count). The largest absolute Gasteiger partial charge is 0.481 e. The van der Waals surface area contributed by atoms with Crippen molar-refractivity contribution < 1.29 is 13.9 Å². The second kappa shape index (κ2) is 7.94. The molecule has 0 atom stereocenters. The normalized spacial score (nSPS) is 10.5. The Hall–Kier alpha value is -2.67. The van der Waals surface area contributed by atoms with E-state index in [0.29, 0.717) is 12.4 Å². The Morgan fingerprint density at radius 3 is 2.68 bits per heavy atom. The van der Waals surface area contributed by atoms with Crippen molar-refractivity contribution in [3.05, 3.63) is 76.6 Å². The maximum Gasteiger partial charge on any atom is 0.263 e. The molecule has 7 heteroatoms. The maximum absolute atomic E-state index is 13.5. The standard InChI is InChI=1S/C18H15BrFN3O2/c19-14-7-5-13(6-8-14)11-23-17(9-10-21-23)22-18(24)12-25-16-4-2-1-3-15(16)20/h1-10H,11-12H2,(H,22,24). The van der Waals surface area contributed by atoms with Crippen LogP contribution in [0.1, 0.15) is 5.56 Å². The topological polar surface area (TPSA) is 56.1 Å². The first-order chi connectivity index (χ1) is 12.1. The summed E-state index contributed by atoms with van der Waals surface area (Å²) in [6.45, 7) is 0.231. The zero-order chi connectivity index (χ0) is 17.6. The minimum Gasteiger partial charge on any atom is -0.481 e. The van der Waals surface area contributed by atoms with Crippen LogP contribution in [0.2, 0.25) is 0 Å². The summed E-state index contributed by atoms with van der Waals surface area (Å²) in [6, 6.07) is 15.5. The molecule has 1 amide bonds. The van der Waals surface area contributed by atoms with Gasteiger partial charge < -0.3 is 10.1 Å². The molecule has 0 radical (unpaired) electrons. The summed E-state index contributed by atoms with van der Waals surface area (Å²) in [4.78, 5) is 12.0. The number of anilines is 1. The van der Waals surface area contributed by atoms with E-state index in [9.17, 15) is 9.18 Å². The Labute approximate surface area is 152 Å². The van der Waals surface area contributed by atoms with E-state index in [1.165, 1.54) is 12.1 Å². The number of hydrogen-bond donors (Lipinski definition) is 1. The first-order valence-electron chi connectivity index (χ1n) is 7.55. The Morgan fingerprint density at radius 1 is 1.16 bits per heavy atom. The number of aromatic nitrogens is 2. The first-order valence-corrected chi connectivity index (χ1v) is 8.34. The number of benzene rings is 2. The van der Waals surface area contributed by atoms with Gasteiger partial charge in [-0.1, -0.05) is 40.2 Å². The van der Waals surface area contributed by atoms with E-state index < -0.39 is 5.82 Å². The van der Waals surface area contributed by atoms with Crippen molar-refractivity contribution in [2.45, 2.75) is 6.54 Å². The monoisotopic (exact) mass is 403 g/mol. The third kappa shape index (κ3) is 4.67. The van der Waals surface area contributed by atoms with Crippen molar-refractivity contribution in [2.24, 2.45) is 0 Å². The molecule has 1 N–H and O–H groups in total. The number of carbonyl (C=O) groups excluding carboxylic acids is 1. The van der Waals surface area contributed by atoms with Crippen molar-refractivity contribution >= 4 is 27.7 Å². The number of nitrogens with zero attached hydrogens (tertiary/aromatic N) is 2. The van der Waals surface area contributed by atoms with Gasteiger partial charge in [0.2, 0.25) is 0 Å². The van der Waals surface area contributed by atoms with Gasteiger partial charge in [-0.3, -0.25) is 4.79 Å². The van der Waals surface area contributed by atoms with Gasteiger partial charge in [-0.05, 0) is 29.8 Å². The van der Waals surface area contributed by atoms with E-state index in [2.05, 4.69) is 26.3 Å². The van der Waals surface area contributed by atoms with Gasteiger partial charge in [0.05, 0.1) is 12.7 Å². The van der Waals surface area contributed by atoms with Crippen molar-refractivity contribution in [3.8, 4) is 5.75 Å². The molecule has 5 nitrogen and oxygen atoms in total. The Bertz CT molecular complexity index is 865. The van der Waals surface area contributed by atoms with Crippen LogP contribution in [0.5, 0.6) is 5.75 Å². The summed E-state index contributed by atoms with van der Waals surface area (Å²) < 4.78 is 21.3. The fourth-order valence-corrected chi connectivity index (χ4v) is 2.48. The van der Waals surface area contributed by atoms with Crippen LogP contribution in [-0.4, -0.2) is 22.3 Å².